The van der Waals surface area contributed by atoms with E-state index in [0.717, 1.165) is 31.2 Å². The van der Waals surface area contributed by atoms with Crippen LogP contribution in [0.1, 0.15) is 59.3 Å². The summed E-state index contributed by atoms with van der Waals surface area (Å²) in [6.45, 7) is 8.67. The molecule has 0 bridgehead atoms. The molecule has 0 radical (unpaired) electrons. The second-order valence-electron chi connectivity index (χ2n) is 6.44. The van der Waals surface area contributed by atoms with E-state index in [2.05, 4.69) is 18.3 Å². The molecule has 1 fully saturated rings. The zero-order valence-corrected chi connectivity index (χ0v) is 11.8. The topological polar surface area (TPSA) is 35.8 Å². The van der Waals surface area contributed by atoms with Crippen molar-refractivity contribution in [2.45, 2.75) is 59.3 Å². The van der Waals surface area contributed by atoms with Crippen molar-refractivity contribution < 1.29 is 0 Å². The summed E-state index contributed by atoms with van der Waals surface area (Å²) in [4.78, 5) is 0. The van der Waals surface area contributed by atoms with Crippen LogP contribution in [0.2, 0.25) is 0 Å². The minimum absolute atomic E-state index is 0.152. The second-order valence-corrected chi connectivity index (χ2v) is 6.44. The van der Waals surface area contributed by atoms with E-state index >= 15 is 0 Å². The molecule has 0 saturated heterocycles. The van der Waals surface area contributed by atoms with Gasteiger partial charge in [-0.1, -0.05) is 19.8 Å². The number of rotatable bonds is 6. The number of nitrogens with zero attached hydrogens (tertiary/aromatic N) is 1. The molecular weight excluding hydrogens is 208 g/mol. The number of hydrogen-bond acceptors (Lipinski definition) is 2. The first kappa shape index (κ1) is 14.5. The molecule has 0 amide bonds. The van der Waals surface area contributed by atoms with Crippen LogP contribution in [0.5, 0.6) is 0 Å². The second kappa shape index (κ2) is 7.01. The molecular formula is C15H28N2. The molecule has 0 aromatic carbocycles. The summed E-state index contributed by atoms with van der Waals surface area (Å²) in [5, 5.41) is 12.5. The van der Waals surface area contributed by atoms with Crippen molar-refractivity contribution in [3.8, 4) is 6.07 Å². The minimum atomic E-state index is -0.152. The normalized spacial score (nSPS) is 25.5. The van der Waals surface area contributed by atoms with Gasteiger partial charge in [-0.05, 0) is 64.5 Å². The van der Waals surface area contributed by atoms with Crippen LogP contribution in [0.4, 0.5) is 0 Å². The molecule has 2 unspecified atom stereocenters. The fourth-order valence-electron chi connectivity index (χ4n) is 2.76. The molecule has 98 valence electrons. The summed E-state index contributed by atoms with van der Waals surface area (Å²) in [6, 6.07) is 2.36. The molecule has 0 aliphatic heterocycles. The Morgan fingerprint density at radius 3 is 2.76 bits per heavy atom. The lowest BCUT2D eigenvalue weighted by atomic mass is 9.82. The molecule has 1 rings (SSSR count). The standard InChI is InChI=1S/C15H28N2/c1-13-6-4-7-14(10-13)11-17-9-5-8-15(2,3)12-16/h13-14,17H,4-11H2,1-3H3. The highest BCUT2D eigenvalue weighted by atomic mass is 14.9. The Balaban J connectivity index is 2.03. The predicted octanol–water partition coefficient (Wildman–Crippen LogP) is 3.73. The summed E-state index contributed by atoms with van der Waals surface area (Å²) >= 11 is 0. The number of nitriles is 1. The van der Waals surface area contributed by atoms with Gasteiger partial charge in [-0.25, -0.2) is 0 Å². The van der Waals surface area contributed by atoms with Crippen molar-refractivity contribution in [2.24, 2.45) is 17.3 Å². The lowest BCUT2D eigenvalue weighted by Crippen LogP contribution is -2.27. The lowest BCUT2D eigenvalue weighted by Gasteiger charge is -2.27. The first-order chi connectivity index (χ1) is 8.03. The molecule has 0 heterocycles. The molecule has 2 atom stereocenters. The zero-order chi connectivity index (χ0) is 12.7. The Labute approximate surface area is 107 Å². The third-order valence-corrected chi connectivity index (χ3v) is 3.94. The van der Waals surface area contributed by atoms with Crippen LogP contribution in [-0.4, -0.2) is 13.1 Å². The largest absolute Gasteiger partial charge is 0.316 e. The van der Waals surface area contributed by atoms with Gasteiger partial charge in [-0.3, -0.25) is 0 Å². The van der Waals surface area contributed by atoms with Crippen LogP contribution in [0.3, 0.4) is 0 Å². The van der Waals surface area contributed by atoms with Crippen molar-refractivity contribution in [3.05, 3.63) is 0 Å². The van der Waals surface area contributed by atoms with E-state index in [1.165, 1.54) is 32.2 Å². The molecule has 1 N–H and O–H groups in total. The van der Waals surface area contributed by atoms with Crippen molar-refractivity contribution in [3.63, 3.8) is 0 Å². The molecule has 2 heteroatoms. The maximum atomic E-state index is 8.91. The van der Waals surface area contributed by atoms with Gasteiger partial charge in [0.25, 0.3) is 0 Å². The first-order valence-electron chi connectivity index (χ1n) is 7.15. The summed E-state index contributed by atoms with van der Waals surface area (Å²) in [5.74, 6) is 1.82. The molecule has 1 aliphatic carbocycles. The van der Waals surface area contributed by atoms with E-state index in [9.17, 15) is 0 Å². The van der Waals surface area contributed by atoms with E-state index in [1.807, 2.05) is 13.8 Å². The van der Waals surface area contributed by atoms with E-state index < -0.39 is 0 Å². The van der Waals surface area contributed by atoms with Crippen LogP contribution in [0.15, 0.2) is 0 Å². The Hall–Kier alpha value is -0.550. The Bertz CT molecular complexity index is 252. The van der Waals surface area contributed by atoms with Gasteiger partial charge in [0.2, 0.25) is 0 Å². The van der Waals surface area contributed by atoms with Gasteiger partial charge in [0, 0.05) is 0 Å². The fraction of sp³-hybridized carbons (Fsp3) is 0.933. The van der Waals surface area contributed by atoms with Crippen LogP contribution >= 0.6 is 0 Å². The maximum absolute atomic E-state index is 8.91. The molecule has 2 nitrogen and oxygen atoms in total. The third kappa shape index (κ3) is 6.07. The quantitative estimate of drug-likeness (QED) is 0.713. The van der Waals surface area contributed by atoms with Crippen LogP contribution in [0.25, 0.3) is 0 Å². The summed E-state index contributed by atoms with van der Waals surface area (Å²) < 4.78 is 0. The summed E-state index contributed by atoms with van der Waals surface area (Å²) in [5.41, 5.74) is -0.152. The van der Waals surface area contributed by atoms with Gasteiger partial charge in [-0.2, -0.15) is 5.26 Å². The molecule has 17 heavy (non-hydrogen) atoms. The summed E-state index contributed by atoms with van der Waals surface area (Å²) in [6.07, 6.45) is 7.75. The number of hydrogen-bond donors (Lipinski definition) is 1. The van der Waals surface area contributed by atoms with Crippen LogP contribution in [0, 0.1) is 28.6 Å². The average Bonchev–Trinajstić information content (AvgIpc) is 2.29. The van der Waals surface area contributed by atoms with Crippen molar-refractivity contribution in [1.29, 1.82) is 5.26 Å². The van der Waals surface area contributed by atoms with Gasteiger partial charge in [0.1, 0.15) is 0 Å². The first-order valence-corrected chi connectivity index (χ1v) is 7.15. The fourth-order valence-corrected chi connectivity index (χ4v) is 2.76. The van der Waals surface area contributed by atoms with E-state index in [4.69, 9.17) is 5.26 Å². The minimum Gasteiger partial charge on any atom is -0.316 e. The number of nitrogens with one attached hydrogen (secondary N) is 1. The monoisotopic (exact) mass is 236 g/mol. The van der Waals surface area contributed by atoms with Gasteiger partial charge in [0.15, 0.2) is 0 Å². The Morgan fingerprint density at radius 1 is 1.35 bits per heavy atom. The van der Waals surface area contributed by atoms with Crippen molar-refractivity contribution in [1.82, 2.24) is 5.32 Å². The molecule has 1 saturated carbocycles. The van der Waals surface area contributed by atoms with Crippen LogP contribution < -0.4 is 5.32 Å². The lowest BCUT2D eigenvalue weighted by molar-refractivity contribution is 0.273. The van der Waals surface area contributed by atoms with Crippen molar-refractivity contribution >= 4 is 0 Å². The Kier molecular flexibility index (Phi) is 5.98. The SMILES string of the molecule is CC1CCCC(CNCCCC(C)(C)C#N)C1. The third-order valence-electron chi connectivity index (χ3n) is 3.94. The molecule has 0 aromatic rings. The van der Waals surface area contributed by atoms with Gasteiger partial charge in [0.05, 0.1) is 11.5 Å². The van der Waals surface area contributed by atoms with Crippen LogP contribution in [-0.2, 0) is 0 Å². The highest BCUT2D eigenvalue weighted by molar-refractivity contribution is 4.91. The summed E-state index contributed by atoms with van der Waals surface area (Å²) in [7, 11) is 0. The maximum Gasteiger partial charge on any atom is 0.0683 e. The highest BCUT2D eigenvalue weighted by Gasteiger charge is 2.18. The van der Waals surface area contributed by atoms with E-state index in [1.54, 1.807) is 0 Å². The van der Waals surface area contributed by atoms with Gasteiger partial charge >= 0.3 is 0 Å². The predicted molar refractivity (Wildman–Crippen MR) is 72.6 cm³/mol. The van der Waals surface area contributed by atoms with Gasteiger partial charge in [-0.15, -0.1) is 0 Å². The molecule has 0 spiro atoms. The van der Waals surface area contributed by atoms with Gasteiger partial charge < -0.3 is 5.32 Å². The smallest absolute Gasteiger partial charge is 0.0683 e. The zero-order valence-electron chi connectivity index (χ0n) is 11.8. The van der Waals surface area contributed by atoms with E-state index in [-0.39, 0.29) is 5.41 Å². The van der Waals surface area contributed by atoms with Crippen molar-refractivity contribution in [2.75, 3.05) is 13.1 Å². The highest BCUT2D eigenvalue weighted by Crippen LogP contribution is 2.28. The average molecular weight is 236 g/mol. The molecule has 1 aliphatic rings. The Morgan fingerprint density at radius 2 is 2.12 bits per heavy atom. The van der Waals surface area contributed by atoms with E-state index in [0.29, 0.717) is 0 Å². The molecule has 0 aromatic heterocycles.